The van der Waals surface area contributed by atoms with Gasteiger partial charge in [-0.1, -0.05) is 206 Å². The summed E-state index contributed by atoms with van der Waals surface area (Å²) < 4.78 is 11.1. The first-order valence-electron chi connectivity index (χ1n) is 22.0. The fraction of sp³-hybridized carbons (Fsp3) is 0.804. The number of carbonyl (C=O) groups is 3. The summed E-state index contributed by atoms with van der Waals surface area (Å²) in [7, 11) is 0. The molecule has 0 aromatic heterocycles. The molecular formula is C46H80O5. The van der Waals surface area contributed by atoms with E-state index in [9.17, 15) is 14.4 Å². The number of carbonyl (C=O) groups excluding carboxylic acids is 3. The first-order valence-corrected chi connectivity index (χ1v) is 22.0. The van der Waals surface area contributed by atoms with Crippen LogP contribution in [-0.2, 0) is 9.47 Å². The van der Waals surface area contributed by atoms with Gasteiger partial charge in [0, 0.05) is 5.56 Å². The molecule has 0 amide bonds. The molecule has 0 aliphatic rings. The first kappa shape index (κ1) is 46.9. The molecule has 5 heteroatoms. The predicted octanol–water partition coefficient (Wildman–Crippen LogP) is 14.6. The van der Waals surface area contributed by atoms with E-state index in [1.165, 1.54) is 173 Å². The summed E-state index contributed by atoms with van der Waals surface area (Å²) in [5.74, 6) is -0.998. The summed E-state index contributed by atoms with van der Waals surface area (Å²) in [6.45, 7) is 7.00. The van der Waals surface area contributed by atoms with Crippen molar-refractivity contribution in [1.29, 1.82) is 0 Å². The number of hydrogen-bond donors (Lipinski definition) is 0. The number of aldehydes is 1. The van der Waals surface area contributed by atoms with Crippen molar-refractivity contribution in [3.05, 3.63) is 34.4 Å². The second-order valence-corrected chi connectivity index (χ2v) is 15.3. The molecule has 0 saturated heterocycles. The van der Waals surface area contributed by atoms with Crippen molar-refractivity contribution in [1.82, 2.24) is 0 Å². The lowest BCUT2D eigenvalue weighted by Gasteiger charge is -2.12. The van der Waals surface area contributed by atoms with E-state index >= 15 is 0 Å². The van der Waals surface area contributed by atoms with Crippen LogP contribution in [0.2, 0.25) is 0 Å². The summed E-state index contributed by atoms with van der Waals surface area (Å²) in [6.07, 6.45) is 42.1. The van der Waals surface area contributed by atoms with Crippen LogP contribution in [0, 0.1) is 6.92 Å². The Kier molecular flexibility index (Phi) is 32.1. The van der Waals surface area contributed by atoms with Gasteiger partial charge in [-0.05, 0) is 37.5 Å². The quantitative estimate of drug-likeness (QED) is 0.0390. The van der Waals surface area contributed by atoms with Crippen molar-refractivity contribution in [3.63, 3.8) is 0 Å². The predicted molar refractivity (Wildman–Crippen MR) is 216 cm³/mol. The van der Waals surface area contributed by atoms with Gasteiger partial charge in [-0.15, -0.1) is 0 Å². The number of ether oxygens (including phenoxy) is 2. The Bertz CT molecular complexity index is 986. The zero-order chi connectivity index (χ0) is 37.0. The molecule has 294 valence electrons. The van der Waals surface area contributed by atoms with E-state index in [-0.39, 0.29) is 11.1 Å². The number of rotatable bonds is 37. The highest BCUT2D eigenvalue weighted by Gasteiger charge is 2.19. The summed E-state index contributed by atoms with van der Waals surface area (Å²) in [5.41, 5.74) is 1.34. The normalized spacial score (nSPS) is 11.2. The fourth-order valence-corrected chi connectivity index (χ4v) is 7.01. The molecule has 1 aromatic rings. The van der Waals surface area contributed by atoms with Crippen LogP contribution in [0.15, 0.2) is 12.1 Å². The molecule has 0 atom stereocenters. The van der Waals surface area contributed by atoms with Crippen molar-refractivity contribution in [3.8, 4) is 0 Å². The molecule has 0 spiro atoms. The number of hydrogen-bond acceptors (Lipinski definition) is 5. The molecule has 0 aliphatic heterocycles. The van der Waals surface area contributed by atoms with Gasteiger partial charge in [0.2, 0.25) is 0 Å². The molecule has 0 saturated carbocycles. The van der Waals surface area contributed by atoms with Crippen LogP contribution < -0.4 is 0 Å². The van der Waals surface area contributed by atoms with Gasteiger partial charge in [0.25, 0.3) is 0 Å². The topological polar surface area (TPSA) is 69.7 Å². The van der Waals surface area contributed by atoms with E-state index in [4.69, 9.17) is 9.47 Å². The molecule has 0 heterocycles. The highest BCUT2D eigenvalue weighted by atomic mass is 16.5. The van der Waals surface area contributed by atoms with E-state index in [0.29, 0.717) is 30.6 Å². The standard InChI is InChI=1S/C46H80O5/c1-4-6-8-10-12-14-16-18-20-22-24-26-28-30-32-34-36-50-45(48)43-39-44(42(40-47)38-41(43)3)46(49)51-37-35-33-31-29-27-25-23-21-19-17-15-13-11-9-7-5-2/h38-40H,4-37H2,1-3H3. The van der Waals surface area contributed by atoms with Gasteiger partial charge >= 0.3 is 11.9 Å². The molecule has 0 bridgehead atoms. The van der Waals surface area contributed by atoms with E-state index in [0.717, 1.165) is 38.5 Å². The second kappa shape index (κ2) is 34.9. The maximum Gasteiger partial charge on any atom is 0.338 e. The van der Waals surface area contributed by atoms with E-state index in [1.807, 2.05) is 0 Å². The minimum atomic E-state index is -0.551. The lowest BCUT2D eigenvalue weighted by molar-refractivity contribution is 0.0493. The summed E-state index contributed by atoms with van der Waals surface area (Å²) >= 11 is 0. The van der Waals surface area contributed by atoms with Gasteiger partial charge in [-0.3, -0.25) is 4.79 Å². The Morgan fingerprint density at radius 1 is 0.431 bits per heavy atom. The van der Waals surface area contributed by atoms with Crippen molar-refractivity contribution in [2.75, 3.05) is 13.2 Å². The van der Waals surface area contributed by atoms with Crippen molar-refractivity contribution < 1.29 is 23.9 Å². The fourth-order valence-electron chi connectivity index (χ4n) is 7.01. The molecule has 0 unspecified atom stereocenters. The van der Waals surface area contributed by atoms with E-state index < -0.39 is 11.9 Å². The lowest BCUT2D eigenvalue weighted by atomic mass is 9.99. The van der Waals surface area contributed by atoms with Gasteiger partial charge < -0.3 is 9.47 Å². The third kappa shape index (κ3) is 26.3. The van der Waals surface area contributed by atoms with Crippen LogP contribution in [0.1, 0.15) is 256 Å². The number of esters is 2. The van der Waals surface area contributed by atoms with Crippen LogP contribution in [0.25, 0.3) is 0 Å². The Morgan fingerprint density at radius 2 is 0.706 bits per heavy atom. The minimum absolute atomic E-state index is 0.140. The number of benzene rings is 1. The first-order chi connectivity index (χ1) is 25.0. The number of aryl methyl sites for hydroxylation is 1. The molecule has 1 rings (SSSR count). The van der Waals surface area contributed by atoms with E-state index in [1.54, 1.807) is 13.0 Å². The third-order valence-corrected chi connectivity index (χ3v) is 10.4. The minimum Gasteiger partial charge on any atom is -0.462 e. The average molecular weight is 713 g/mol. The third-order valence-electron chi connectivity index (χ3n) is 10.4. The molecular weight excluding hydrogens is 633 g/mol. The smallest absolute Gasteiger partial charge is 0.338 e. The largest absolute Gasteiger partial charge is 0.462 e. The molecule has 5 nitrogen and oxygen atoms in total. The Morgan fingerprint density at radius 3 is 1.00 bits per heavy atom. The van der Waals surface area contributed by atoms with Crippen LogP contribution in [0.4, 0.5) is 0 Å². The maximum absolute atomic E-state index is 12.9. The summed E-state index contributed by atoms with van der Waals surface area (Å²) in [4.78, 5) is 37.4. The van der Waals surface area contributed by atoms with Gasteiger partial charge in [0.1, 0.15) is 0 Å². The monoisotopic (exact) mass is 713 g/mol. The Balaban J connectivity index is 2.13. The molecule has 0 fully saturated rings. The second-order valence-electron chi connectivity index (χ2n) is 15.3. The SMILES string of the molecule is CCCCCCCCCCCCCCCCCCOC(=O)c1cc(C(=O)OCCCCCCCCCCCCCCCCCC)c(C=O)cc1C. The van der Waals surface area contributed by atoms with Crippen LogP contribution in [0.5, 0.6) is 0 Å². The molecule has 51 heavy (non-hydrogen) atoms. The van der Waals surface area contributed by atoms with Gasteiger partial charge in [0.15, 0.2) is 6.29 Å². The van der Waals surface area contributed by atoms with Crippen molar-refractivity contribution in [2.45, 2.75) is 226 Å². The zero-order valence-electron chi connectivity index (χ0n) is 33.8. The highest BCUT2D eigenvalue weighted by Crippen LogP contribution is 2.20. The summed E-state index contributed by atoms with van der Waals surface area (Å²) in [5, 5.41) is 0. The summed E-state index contributed by atoms with van der Waals surface area (Å²) in [6, 6.07) is 3.06. The Labute approximate surface area is 315 Å². The van der Waals surface area contributed by atoms with Crippen LogP contribution in [0.3, 0.4) is 0 Å². The number of unbranched alkanes of at least 4 members (excludes halogenated alkanes) is 30. The van der Waals surface area contributed by atoms with Crippen molar-refractivity contribution in [2.24, 2.45) is 0 Å². The molecule has 0 aliphatic carbocycles. The van der Waals surface area contributed by atoms with E-state index in [2.05, 4.69) is 13.8 Å². The van der Waals surface area contributed by atoms with Crippen LogP contribution in [-0.4, -0.2) is 31.4 Å². The Hall–Kier alpha value is -2.17. The molecule has 0 radical (unpaired) electrons. The van der Waals surface area contributed by atoms with Crippen LogP contribution >= 0.6 is 0 Å². The average Bonchev–Trinajstić information content (AvgIpc) is 3.13. The lowest BCUT2D eigenvalue weighted by Crippen LogP contribution is -2.14. The van der Waals surface area contributed by atoms with Gasteiger partial charge in [-0.25, -0.2) is 9.59 Å². The highest BCUT2D eigenvalue weighted by molar-refractivity contribution is 6.02. The maximum atomic E-state index is 12.9. The van der Waals surface area contributed by atoms with Gasteiger partial charge in [-0.2, -0.15) is 0 Å². The van der Waals surface area contributed by atoms with Gasteiger partial charge in [0.05, 0.1) is 24.3 Å². The van der Waals surface area contributed by atoms with Crippen molar-refractivity contribution >= 4 is 18.2 Å². The molecule has 1 aromatic carbocycles. The molecule has 0 N–H and O–H groups in total. The zero-order valence-corrected chi connectivity index (χ0v) is 33.8.